The van der Waals surface area contributed by atoms with E-state index in [2.05, 4.69) is 68.5 Å². The Balaban J connectivity index is 0.000000359. The monoisotopic (exact) mass is 412 g/mol. The fraction of sp³-hybridized carbons (Fsp3) is 0.385. The van der Waals surface area contributed by atoms with Gasteiger partial charge >= 0.3 is 0 Å². The van der Waals surface area contributed by atoms with Gasteiger partial charge in [-0.25, -0.2) is 0 Å². The number of allylic oxidation sites excluding steroid dienone is 7. The third-order valence-corrected chi connectivity index (χ3v) is 5.28. The minimum Gasteiger partial charge on any atom is -0.369 e. The minimum atomic E-state index is 0.485. The van der Waals surface area contributed by atoms with Crippen LogP contribution in [0.2, 0.25) is 5.02 Å². The smallest absolute Gasteiger partial charge is 0.0642 e. The van der Waals surface area contributed by atoms with Gasteiger partial charge in [0.15, 0.2) is 0 Å². The van der Waals surface area contributed by atoms with E-state index in [-0.39, 0.29) is 0 Å². The van der Waals surface area contributed by atoms with Crippen molar-refractivity contribution >= 4 is 17.3 Å². The lowest BCUT2D eigenvalue weighted by molar-refractivity contribution is 0.238. The molecule has 2 nitrogen and oxygen atoms in total. The van der Waals surface area contributed by atoms with Crippen molar-refractivity contribution in [2.75, 3.05) is 24.5 Å². The van der Waals surface area contributed by atoms with E-state index >= 15 is 0 Å². The molecular formula is C26H37ClN2. The van der Waals surface area contributed by atoms with Crippen molar-refractivity contribution < 1.29 is 0 Å². The van der Waals surface area contributed by atoms with E-state index in [0.29, 0.717) is 6.04 Å². The van der Waals surface area contributed by atoms with Crippen molar-refractivity contribution in [1.29, 1.82) is 0 Å². The molecule has 1 heterocycles. The van der Waals surface area contributed by atoms with Crippen molar-refractivity contribution in [2.45, 2.75) is 46.6 Å². The molecule has 1 unspecified atom stereocenters. The predicted octanol–water partition coefficient (Wildman–Crippen LogP) is 7.33. The lowest BCUT2D eigenvalue weighted by atomic mass is 10.1. The zero-order valence-electron chi connectivity index (χ0n) is 18.6. The van der Waals surface area contributed by atoms with Crippen molar-refractivity contribution in [1.82, 2.24) is 4.90 Å². The molecule has 1 atom stereocenters. The standard InChI is InChI=1S/C16H23ClN2.C10H14/c1-5-13(3)19-9-8-18(11-14(19)4)16-7-6-12(2)10-15(16)17;1-4-7-10(8-5-2)9-6-3/h6-7,10,14H,3,5,8-9,11H2,1-2,4H3;4-7,9H,1-2,8H2,3H3/b;9-6-,10-7-. The van der Waals surface area contributed by atoms with Crippen molar-refractivity contribution in [3.05, 3.63) is 90.2 Å². The molecule has 1 aliphatic heterocycles. The minimum absolute atomic E-state index is 0.485. The maximum Gasteiger partial charge on any atom is 0.0642 e. The van der Waals surface area contributed by atoms with Gasteiger partial charge in [-0.3, -0.25) is 0 Å². The molecule has 29 heavy (non-hydrogen) atoms. The molecular weight excluding hydrogens is 376 g/mol. The van der Waals surface area contributed by atoms with Gasteiger partial charge < -0.3 is 9.80 Å². The highest BCUT2D eigenvalue weighted by Crippen LogP contribution is 2.29. The van der Waals surface area contributed by atoms with Crippen molar-refractivity contribution in [3.63, 3.8) is 0 Å². The summed E-state index contributed by atoms with van der Waals surface area (Å²) in [7, 11) is 0. The molecule has 0 bridgehead atoms. The molecule has 2 rings (SSSR count). The van der Waals surface area contributed by atoms with Crippen LogP contribution in [-0.2, 0) is 0 Å². The number of hydrogen-bond acceptors (Lipinski definition) is 2. The van der Waals surface area contributed by atoms with E-state index in [1.807, 2.05) is 31.2 Å². The summed E-state index contributed by atoms with van der Waals surface area (Å²) in [5.41, 5.74) is 4.84. The first-order valence-corrected chi connectivity index (χ1v) is 10.8. The lowest BCUT2D eigenvalue weighted by Gasteiger charge is -2.43. The Bertz CT molecular complexity index is 745. The summed E-state index contributed by atoms with van der Waals surface area (Å²) in [5, 5.41) is 0.856. The van der Waals surface area contributed by atoms with Crippen LogP contribution in [0.5, 0.6) is 0 Å². The van der Waals surface area contributed by atoms with Gasteiger partial charge in [-0.15, -0.1) is 6.58 Å². The summed E-state index contributed by atoms with van der Waals surface area (Å²) in [5.74, 6) is 0. The summed E-state index contributed by atoms with van der Waals surface area (Å²) in [6.45, 7) is 23.0. The first-order valence-electron chi connectivity index (χ1n) is 10.4. The predicted molar refractivity (Wildman–Crippen MR) is 132 cm³/mol. The van der Waals surface area contributed by atoms with Gasteiger partial charge in [-0.2, -0.15) is 0 Å². The molecule has 1 saturated heterocycles. The Morgan fingerprint density at radius 3 is 2.52 bits per heavy atom. The number of rotatable bonds is 7. The second kappa shape index (κ2) is 13.1. The zero-order valence-corrected chi connectivity index (χ0v) is 19.4. The number of hydrogen-bond donors (Lipinski definition) is 0. The highest BCUT2D eigenvalue weighted by molar-refractivity contribution is 6.33. The van der Waals surface area contributed by atoms with Crippen molar-refractivity contribution in [3.8, 4) is 0 Å². The van der Waals surface area contributed by atoms with Crippen molar-refractivity contribution in [2.24, 2.45) is 0 Å². The summed E-state index contributed by atoms with van der Waals surface area (Å²) < 4.78 is 0. The second-order valence-electron chi connectivity index (χ2n) is 7.33. The number of nitrogens with zero attached hydrogens (tertiary/aromatic N) is 2. The molecule has 0 amide bonds. The maximum atomic E-state index is 6.36. The van der Waals surface area contributed by atoms with E-state index in [4.69, 9.17) is 11.6 Å². The van der Waals surface area contributed by atoms with Gasteiger partial charge in [0.2, 0.25) is 0 Å². The van der Waals surface area contributed by atoms with E-state index in [9.17, 15) is 0 Å². The molecule has 0 aliphatic carbocycles. The molecule has 1 aromatic rings. The molecule has 1 aliphatic rings. The largest absolute Gasteiger partial charge is 0.369 e. The number of piperazine rings is 1. The average Bonchev–Trinajstić information content (AvgIpc) is 2.68. The zero-order chi connectivity index (χ0) is 21.8. The Hall–Kier alpha value is -2.19. The molecule has 3 heteroatoms. The van der Waals surface area contributed by atoms with Crippen LogP contribution in [0.1, 0.15) is 39.2 Å². The average molecular weight is 413 g/mol. The van der Waals surface area contributed by atoms with Gasteiger partial charge in [0.25, 0.3) is 0 Å². The molecule has 1 fully saturated rings. The van der Waals surface area contributed by atoms with E-state index in [1.165, 1.54) is 16.8 Å². The van der Waals surface area contributed by atoms with Crippen LogP contribution < -0.4 is 4.90 Å². The van der Waals surface area contributed by atoms with E-state index < -0.39 is 0 Å². The SMILES string of the molecule is C=C(CC)N1CCN(c2ccc(C)cc2Cl)CC1C.C=C/C=C(\C=C/C)CC=C. The van der Waals surface area contributed by atoms with Crippen LogP contribution in [0.4, 0.5) is 5.69 Å². The molecule has 1 aromatic carbocycles. The third-order valence-electron chi connectivity index (χ3n) is 4.98. The molecule has 0 spiro atoms. The van der Waals surface area contributed by atoms with Gasteiger partial charge in [0.05, 0.1) is 10.7 Å². The summed E-state index contributed by atoms with van der Waals surface area (Å²) >= 11 is 6.36. The van der Waals surface area contributed by atoms with E-state index in [1.54, 1.807) is 6.08 Å². The van der Waals surface area contributed by atoms with Crippen LogP contribution in [0, 0.1) is 6.92 Å². The molecule has 0 N–H and O–H groups in total. The number of halogens is 1. The van der Waals surface area contributed by atoms with Gasteiger partial charge in [0.1, 0.15) is 0 Å². The summed E-state index contributed by atoms with van der Waals surface area (Å²) in [4.78, 5) is 4.80. The van der Waals surface area contributed by atoms with Gasteiger partial charge in [-0.1, -0.05) is 68.1 Å². The lowest BCUT2D eigenvalue weighted by Crippen LogP contribution is -2.51. The molecule has 0 radical (unpaired) electrons. The quantitative estimate of drug-likeness (QED) is 0.341. The van der Waals surface area contributed by atoms with Crippen LogP contribution in [0.25, 0.3) is 0 Å². The summed E-state index contributed by atoms with van der Waals surface area (Å²) in [6.07, 6.45) is 11.7. The first-order chi connectivity index (χ1) is 13.9. The van der Waals surface area contributed by atoms with Crippen LogP contribution in [0.3, 0.4) is 0 Å². The Labute approximate surface area is 183 Å². The Morgan fingerprint density at radius 1 is 1.28 bits per heavy atom. The first kappa shape index (κ1) is 24.8. The molecule has 0 aromatic heterocycles. The van der Waals surface area contributed by atoms with Crippen LogP contribution in [-0.4, -0.2) is 30.6 Å². The normalized spacial score (nSPS) is 17.0. The summed E-state index contributed by atoms with van der Waals surface area (Å²) in [6, 6.07) is 6.79. The molecule has 158 valence electrons. The highest BCUT2D eigenvalue weighted by atomic mass is 35.5. The third kappa shape index (κ3) is 7.98. The molecule has 0 saturated carbocycles. The topological polar surface area (TPSA) is 6.48 Å². The van der Waals surface area contributed by atoms with E-state index in [0.717, 1.165) is 43.2 Å². The maximum absolute atomic E-state index is 6.36. The number of benzene rings is 1. The van der Waals surface area contributed by atoms with Gasteiger partial charge in [-0.05, 0) is 56.9 Å². The van der Waals surface area contributed by atoms with Crippen LogP contribution in [0.15, 0.2) is 79.6 Å². The second-order valence-corrected chi connectivity index (χ2v) is 7.74. The number of aryl methyl sites for hydroxylation is 1. The number of anilines is 1. The van der Waals surface area contributed by atoms with Crippen LogP contribution >= 0.6 is 11.6 Å². The Morgan fingerprint density at radius 2 is 2.00 bits per heavy atom. The van der Waals surface area contributed by atoms with Gasteiger partial charge in [0, 0.05) is 31.4 Å². The highest BCUT2D eigenvalue weighted by Gasteiger charge is 2.25. The Kier molecular flexibility index (Phi) is 11.2. The fourth-order valence-corrected chi connectivity index (χ4v) is 3.80. The fourth-order valence-electron chi connectivity index (χ4n) is 3.44.